The van der Waals surface area contributed by atoms with Gasteiger partial charge in [-0.15, -0.1) is 11.3 Å². The zero-order valence-electron chi connectivity index (χ0n) is 13.5. The zero-order chi connectivity index (χ0) is 17.6. The Bertz CT molecular complexity index is 815. The fraction of sp³-hybridized carbons (Fsp3) is 0.235. The Hall–Kier alpha value is -2.87. The van der Waals surface area contributed by atoms with Crippen LogP contribution in [0.4, 0.5) is 5.13 Å². The highest BCUT2D eigenvalue weighted by Crippen LogP contribution is 2.32. The van der Waals surface area contributed by atoms with Gasteiger partial charge in [-0.25, -0.2) is 4.98 Å². The maximum atomic E-state index is 12.0. The minimum absolute atomic E-state index is 0.0905. The summed E-state index contributed by atoms with van der Waals surface area (Å²) in [7, 11) is 0. The summed E-state index contributed by atoms with van der Waals surface area (Å²) in [4.78, 5) is 27.6. The molecule has 1 aromatic heterocycles. The van der Waals surface area contributed by atoms with Crippen LogP contribution in [0.5, 0.6) is 11.5 Å². The third-order valence-electron chi connectivity index (χ3n) is 3.24. The fourth-order valence-electron chi connectivity index (χ4n) is 2.14. The SMILES string of the molecule is CCOC(=O)Cc1csc(NC(=O)C=Cc2ccc3c(c2)OCO3)n1. The van der Waals surface area contributed by atoms with Crippen LogP contribution in [0.25, 0.3) is 6.08 Å². The Labute approximate surface area is 148 Å². The van der Waals surface area contributed by atoms with E-state index in [1.807, 2.05) is 6.07 Å². The van der Waals surface area contributed by atoms with Crippen molar-refractivity contribution in [2.24, 2.45) is 0 Å². The highest BCUT2D eigenvalue weighted by molar-refractivity contribution is 7.14. The molecule has 0 spiro atoms. The Morgan fingerprint density at radius 2 is 2.20 bits per heavy atom. The van der Waals surface area contributed by atoms with Crippen LogP contribution in [0.1, 0.15) is 18.2 Å². The summed E-state index contributed by atoms with van der Waals surface area (Å²) in [6, 6.07) is 5.42. The Morgan fingerprint density at radius 1 is 1.36 bits per heavy atom. The number of rotatable bonds is 6. The molecule has 1 aromatic carbocycles. The van der Waals surface area contributed by atoms with Gasteiger partial charge in [0, 0.05) is 11.5 Å². The number of ether oxygens (including phenoxy) is 3. The summed E-state index contributed by atoms with van der Waals surface area (Å²) >= 11 is 1.25. The number of esters is 1. The van der Waals surface area contributed by atoms with Crippen LogP contribution in [-0.2, 0) is 20.7 Å². The van der Waals surface area contributed by atoms with Crippen molar-refractivity contribution in [1.82, 2.24) is 4.98 Å². The number of aromatic nitrogens is 1. The second-order valence-electron chi connectivity index (χ2n) is 5.06. The molecule has 0 saturated heterocycles. The van der Waals surface area contributed by atoms with Gasteiger partial charge in [-0.1, -0.05) is 6.07 Å². The van der Waals surface area contributed by atoms with Gasteiger partial charge in [0.25, 0.3) is 0 Å². The number of fused-ring (bicyclic) bond motifs is 1. The van der Waals surface area contributed by atoms with Crippen LogP contribution in [0, 0.1) is 0 Å². The van der Waals surface area contributed by atoms with E-state index in [4.69, 9.17) is 14.2 Å². The minimum Gasteiger partial charge on any atom is -0.466 e. The molecular formula is C17H16N2O5S. The average molecular weight is 360 g/mol. The number of amides is 1. The summed E-state index contributed by atoms with van der Waals surface area (Å²) in [5.74, 6) is 0.702. The number of carbonyl (C=O) groups is 2. The molecule has 0 aliphatic carbocycles. The quantitative estimate of drug-likeness (QED) is 0.629. The lowest BCUT2D eigenvalue weighted by molar-refractivity contribution is -0.142. The van der Waals surface area contributed by atoms with Gasteiger partial charge in [0.2, 0.25) is 12.7 Å². The van der Waals surface area contributed by atoms with Gasteiger partial charge < -0.3 is 14.2 Å². The molecule has 0 bridgehead atoms. The molecule has 0 atom stereocenters. The predicted molar refractivity (Wildman–Crippen MR) is 92.7 cm³/mol. The fourth-order valence-corrected chi connectivity index (χ4v) is 2.85. The van der Waals surface area contributed by atoms with Crippen LogP contribution in [-0.4, -0.2) is 30.3 Å². The van der Waals surface area contributed by atoms with Gasteiger partial charge in [0.1, 0.15) is 0 Å². The van der Waals surface area contributed by atoms with E-state index < -0.39 is 0 Å². The maximum Gasteiger partial charge on any atom is 0.311 e. The first kappa shape index (κ1) is 17.0. The normalized spacial score (nSPS) is 12.4. The van der Waals surface area contributed by atoms with Crippen LogP contribution in [0.15, 0.2) is 29.7 Å². The molecule has 3 rings (SSSR count). The molecule has 1 aliphatic rings. The lowest BCUT2D eigenvalue weighted by atomic mass is 10.2. The third-order valence-corrected chi connectivity index (χ3v) is 4.04. The van der Waals surface area contributed by atoms with E-state index in [-0.39, 0.29) is 25.1 Å². The largest absolute Gasteiger partial charge is 0.466 e. The number of thiazole rings is 1. The van der Waals surface area contributed by atoms with Gasteiger partial charge in [0.05, 0.1) is 18.7 Å². The molecular weight excluding hydrogens is 344 g/mol. The van der Waals surface area contributed by atoms with E-state index in [1.54, 1.807) is 30.5 Å². The number of anilines is 1. The van der Waals surface area contributed by atoms with Crippen molar-refractivity contribution >= 4 is 34.4 Å². The molecule has 2 heterocycles. The van der Waals surface area contributed by atoms with E-state index in [1.165, 1.54) is 17.4 Å². The van der Waals surface area contributed by atoms with Crippen molar-refractivity contribution in [2.75, 3.05) is 18.7 Å². The monoisotopic (exact) mass is 360 g/mol. The molecule has 2 aromatic rings. The molecule has 0 radical (unpaired) electrons. The van der Waals surface area contributed by atoms with Gasteiger partial charge in [0.15, 0.2) is 16.6 Å². The highest BCUT2D eigenvalue weighted by atomic mass is 32.1. The van der Waals surface area contributed by atoms with Crippen molar-refractivity contribution in [1.29, 1.82) is 0 Å². The standard InChI is InChI=1S/C17H16N2O5S/c1-2-22-16(21)8-12-9-25-17(18-12)19-15(20)6-4-11-3-5-13-14(7-11)24-10-23-13/h3-7,9H,2,8,10H2,1H3,(H,18,19,20). The second kappa shape index (κ2) is 7.80. The van der Waals surface area contributed by atoms with E-state index in [0.717, 1.165) is 5.56 Å². The summed E-state index contributed by atoms with van der Waals surface area (Å²) < 4.78 is 15.4. The van der Waals surface area contributed by atoms with Crippen LogP contribution >= 0.6 is 11.3 Å². The van der Waals surface area contributed by atoms with Crippen molar-refractivity contribution < 1.29 is 23.8 Å². The number of nitrogens with zero attached hydrogens (tertiary/aromatic N) is 1. The summed E-state index contributed by atoms with van der Waals surface area (Å²) in [5, 5.41) is 4.81. The Kier molecular flexibility index (Phi) is 5.30. The molecule has 0 fully saturated rings. The molecule has 1 amide bonds. The number of benzene rings is 1. The number of hydrogen-bond acceptors (Lipinski definition) is 7. The summed E-state index contributed by atoms with van der Waals surface area (Å²) in [5.41, 5.74) is 1.39. The van der Waals surface area contributed by atoms with E-state index in [9.17, 15) is 9.59 Å². The van der Waals surface area contributed by atoms with Crippen LogP contribution in [0.2, 0.25) is 0 Å². The van der Waals surface area contributed by atoms with Crippen molar-refractivity contribution in [2.45, 2.75) is 13.3 Å². The number of hydrogen-bond donors (Lipinski definition) is 1. The molecule has 0 saturated carbocycles. The second-order valence-corrected chi connectivity index (χ2v) is 5.92. The van der Waals surface area contributed by atoms with Crippen molar-refractivity contribution in [3.05, 3.63) is 40.9 Å². The molecule has 7 nitrogen and oxygen atoms in total. The van der Waals surface area contributed by atoms with Gasteiger partial charge >= 0.3 is 5.97 Å². The number of carbonyl (C=O) groups excluding carboxylic acids is 2. The molecule has 130 valence electrons. The lowest BCUT2D eigenvalue weighted by Gasteiger charge is -1.99. The van der Waals surface area contributed by atoms with Crippen molar-refractivity contribution in [3.8, 4) is 11.5 Å². The Morgan fingerprint density at radius 3 is 3.04 bits per heavy atom. The summed E-state index contributed by atoms with van der Waals surface area (Å²) in [6.07, 6.45) is 3.17. The zero-order valence-corrected chi connectivity index (χ0v) is 14.3. The first-order valence-corrected chi connectivity index (χ1v) is 8.50. The maximum absolute atomic E-state index is 12.0. The van der Waals surface area contributed by atoms with Crippen LogP contribution < -0.4 is 14.8 Å². The topological polar surface area (TPSA) is 86.8 Å². The smallest absolute Gasteiger partial charge is 0.311 e. The van der Waals surface area contributed by atoms with Gasteiger partial charge in [-0.3, -0.25) is 14.9 Å². The van der Waals surface area contributed by atoms with E-state index >= 15 is 0 Å². The van der Waals surface area contributed by atoms with Crippen LogP contribution in [0.3, 0.4) is 0 Å². The molecule has 8 heteroatoms. The third kappa shape index (κ3) is 4.57. The minimum atomic E-state index is -0.339. The van der Waals surface area contributed by atoms with Crippen molar-refractivity contribution in [3.63, 3.8) is 0 Å². The summed E-state index contributed by atoms with van der Waals surface area (Å²) in [6.45, 7) is 2.29. The lowest BCUT2D eigenvalue weighted by Crippen LogP contribution is -2.09. The van der Waals surface area contributed by atoms with Gasteiger partial charge in [-0.05, 0) is 30.7 Å². The average Bonchev–Trinajstić information content (AvgIpc) is 3.22. The molecule has 1 aliphatic heterocycles. The number of nitrogens with one attached hydrogen (secondary N) is 1. The van der Waals surface area contributed by atoms with Gasteiger partial charge in [-0.2, -0.15) is 0 Å². The van der Waals surface area contributed by atoms with E-state index in [2.05, 4.69) is 10.3 Å². The molecule has 1 N–H and O–H groups in total. The Balaban J connectivity index is 1.55. The first-order chi connectivity index (χ1) is 12.1. The molecule has 25 heavy (non-hydrogen) atoms. The first-order valence-electron chi connectivity index (χ1n) is 7.63. The van der Waals surface area contributed by atoms with E-state index in [0.29, 0.717) is 28.9 Å². The highest BCUT2D eigenvalue weighted by Gasteiger charge is 2.12. The predicted octanol–water partition coefficient (Wildman–Crippen LogP) is 2.63. The molecule has 0 unspecified atom stereocenters.